The number of benzene rings is 3. The van der Waals surface area contributed by atoms with Crippen LogP contribution in [0.3, 0.4) is 0 Å². The molecule has 4 rings (SSSR count). The molecular weight excluding hydrogens is 544 g/mol. The molecule has 0 saturated heterocycles. The molecule has 11 heteroatoms. The van der Waals surface area contributed by atoms with Crippen LogP contribution >= 0.6 is 11.8 Å². The first-order chi connectivity index (χ1) is 19.8. The molecule has 0 bridgehead atoms. The third-order valence-corrected chi connectivity index (χ3v) is 7.25. The Kier molecular flexibility index (Phi) is 9.75. The quantitative estimate of drug-likeness (QED) is 0.202. The Hall–Kier alpha value is -4.64. The summed E-state index contributed by atoms with van der Waals surface area (Å²) in [7, 11) is 0. The van der Waals surface area contributed by atoms with Gasteiger partial charge in [0.25, 0.3) is 5.56 Å². The molecule has 1 aromatic heterocycles. The zero-order valence-corrected chi connectivity index (χ0v) is 23.1. The summed E-state index contributed by atoms with van der Waals surface area (Å²) in [5.74, 6) is -2.49. The Morgan fingerprint density at radius 2 is 1.37 bits per heavy atom. The Morgan fingerprint density at radius 1 is 0.805 bits per heavy atom. The number of aromatic amines is 1. The lowest BCUT2D eigenvalue weighted by atomic mass is 10.0. The van der Waals surface area contributed by atoms with E-state index >= 15 is 0 Å². The predicted molar refractivity (Wildman–Crippen MR) is 158 cm³/mol. The monoisotopic (exact) mass is 574 g/mol. The van der Waals surface area contributed by atoms with Crippen LogP contribution in [-0.4, -0.2) is 56.5 Å². The van der Waals surface area contributed by atoms with Crippen molar-refractivity contribution in [2.24, 2.45) is 0 Å². The summed E-state index contributed by atoms with van der Waals surface area (Å²) < 4.78 is 0.871. The summed E-state index contributed by atoms with van der Waals surface area (Å²) in [6.45, 7) is 0. The van der Waals surface area contributed by atoms with Gasteiger partial charge in [-0.1, -0.05) is 72.8 Å². The number of hydrogen-bond acceptors (Lipinski definition) is 6. The number of para-hydroxylation sites is 1. The summed E-state index contributed by atoms with van der Waals surface area (Å²) in [6.07, 6.45) is 1.78. The molecule has 3 unspecified atom stereocenters. The molecule has 0 saturated carbocycles. The van der Waals surface area contributed by atoms with E-state index in [4.69, 9.17) is 0 Å². The maximum atomic E-state index is 13.9. The van der Waals surface area contributed by atoms with Gasteiger partial charge in [0.1, 0.15) is 18.1 Å². The van der Waals surface area contributed by atoms with Gasteiger partial charge in [-0.15, -0.1) is 0 Å². The number of nitrogens with one attached hydrogen (secondary N) is 3. The molecule has 41 heavy (non-hydrogen) atoms. The predicted octanol–water partition coefficient (Wildman–Crippen LogP) is 2.13. The van der Waals surface area contributed by atoms with Crippen LogP contribution in [0, 0.1) is 0 Å². The average Bonchev–Trinajstić information content (AvgIpc) is 2.97. The highest BCUT2D eigenvalue weighted by molar-refractivity contribution is 7.98. The minimum Gasteiger partial charge on any atom is -0.480 e. The van der Waals surface area contributed by atoms with Crippen LogP contribution in [0.1, 0.15) is 17.2 Å². The lowest BCUT2D eigenvalue weighted by Crippen LogP contribution is -2.55. The molecule has 0 aliphatic carbocycles. The molecule has 3 atom stereocenters. The van der Waals surface area contributed by atoms with E-state index in [-0.39, 0.29) is 24.0 Å². The SMILES string of the molecule is CSCC(NC(=O)C(Cc1ccccc1)NC(=O)C(Cc1ccccc1)n1c(=O)[nH]c2ccccc2c1=O)C(=O)O. The molecule has 3 aromatic carbocycles. The van der Waals surface area contributed by atoms with Crippen LogP contribution in [-0.2, 0) is 27.2 Å². The Labute approximate surface area is 239 Å². The summed E-state index contributed by atoms with van der Waals surface area (Å²) in [6, 6.07) is 20.7. The van der Waals surface area contributed by atoms with Crippen LogP contribution in [0.4, 0.5) is 0 Å². The van der Waals surface area contributed by atoms with Gasteiger partial charge in [-0.05, 0) is 29.5 Å². The van der Waals surface area contributed by atoms with Crippen molar-refractivity contribution in [2.75, 3.05) is 12.0 Å². The van der Waals surface area contributed by atoms with Crippen molar-refractivity contribution in [3.05, 3.63) is 117 Å². The third-order valence-electron chi connectivity index (χ3n) is 6.59. The number of H-pyrrole nitrogens is 1. The van der Waals surface area contributed by atoms with Crippen molar-refractivity contribution in [1.82, 2.24) is 20.2 Å². The maximum absolute atomic E-state index is 13.9. The number of carbonyl (C=O) groups excluding carboxylic acids is 2. The van der Waals surface area contributed by atoms with Crippen molar-refractivity contribution < 1.29 is 19.5 Å². The van der Waals surface area contributed by atoms with E-state index in [1.54, 1.807) is 85.1 Å². The summed E-state index contributed by atoms with van der Waals surface area (Å²) in [5.41, 5.74) is 0.356. The second-order valence-corrected chi connectivity index (χ2v) is 10.4. The second-order valence-electron chi connectivity index (χ2n) is 9.46. The molecule has 0 radical (unpaired) electrons. The number of aliphatic carboxylic acids is 1. The van der Waals surface area contributed by atoms with E-state index in [1.165, 1.54) is 11.8 Å². The number of aromatic nitrogens is 2. The molecule has 0 fully saturated rings. The van der Waals surface area contributed by atoms with Crippen LogP contribution < -0.4 is 21.9 Å². The van der Waals surface area contributed by atoms with Gasteiger partial charge in [0.05, 0.1) is 10.9 Å². The van der Waals surface area contributed by atoms with E-state index in [1.807, 2.05) is 6.07 Å². The number of hydrogen-bond donors (Lipinski definition) is 4. The summed E-state index contributed by atoms with van der Waals surface area (Å²) in [4.78, 5) is 68.3. The second kappa shape index (κ2) is 13.6. The molecule has 0 aliphatic rings. The molecule has 10 nitrogen and oxygen atoms in total. The highest BCUT2D eigenvalue weighted by Crippen LogP contribution is 2.15. The molecule has 212 valence electrons. The first-order valence-electron chi connectivity index (χ1n) is 12.9. The van der Waals surface area contributed by atoms with E-state index in [0.29, 0.717) is 11.1 Å². The summed E-state index contributed by atoms with van der Waals surface area (Å²) >= 11 is 1.26. The number of thioether (sulfide) groups is 1. The highest BCUT2D eigenvalue weighted by atomic mass is 32.2. The average molecular weight is 575 g/mol. The highest BCUT2D eigenvalue weighted by Gasteiger charge is 2.31. The molecule has 0 aliphatic heterocycles. The standard InChI is InChI=1S/C30H30N4O6S/c1-41-18-24(29(38)39)32-26(35)23(16-19-10-4-2-5-11-19)31-27(36)25(17-20-12-6-3-7-13-20)34-28(37)21-14-8-9-15-22(21)33-30(34)40/h2-15,23-25H,16-18H2,1H3,(H,31,36)(H,32,35)(H,33,40)(H,38,39). The summed E-state index contributed by atoms with van der Waals surface area (Å²) in [5, 5.41) is 15.0. The van der Waals surface area contributed by atoms with Crippen LogP contribution in [0.2, 0.25) is 0 Å². The molecule has 0 spiro atoms. The number of carboxylic acids is 1. The number of carboxylic acid groups (broad SMARTS) is 1. The van der Waals surface area contributed by atoms with E-state index in [0.717, 1.165) is 10.1 Å². The van der Waals surface area contributed by atoms with E-state index < -0.39 is 47.2 Å². The lowest BCUT2D eigenvalue weighted by molar-refractivity contribution is -0.141. The van der Waals surface area contributed by atoms with E-state index in [2.05, 4.69) is 15.6 Å². The molecule has 1 heterocycles. The minimum absolute atomic E-state index is 0.00208. The molecule has 4 N–H and O–H groups in total. The van der Waals surface area contributed by atoms with Gasteiger partial charge in [0.15, 0.2) is 0 Å². The molecule has 4 aromatic rings. The number of fused-ring (bicyclic) bond motifs is 1. The number of rotatable bonds is 12. The normalized spacial score (nSPS) is 13.2. The van der Waals surface area contributed by atoms with Gasteiger partial charge in [0, 0.05) is 18.6 Å². The topological polar surface area (TPSA) is 150 Å². The Morgan fingerprint density at radius 3 is 1.98 bits per heavy atom. The van der Waals surface area contributed by atoms with Crippen molar-refractivity contribution in [3.8, 4) is 0 Å². The first kappa shape index (κ1) is 29.3. The molecule has 2 amide bonds. The Balaban J connectivity index is 1.73. The number of amides is 2. The fraction of sp³-hybridized carbons (Fsp3) is 0.233. The van der Waals surface area contributed by atoms with Crippen LogP contribution in [0.25, 0.3) is 10.9 Å². The van der Waals surface area contributed by atoms with Crippen molar-refractivity contribution in [2.45, 2.75) is 31.0 Å². The largest absolute Gasteiger partial charge is 0.480 e. The van der Waals surface area contributed by atoms with Gasteiger partial charge in [0.2, 0.25) is 11.8 Å². The van der Waals surface area contributed by atoms with Gasteiger partial charge in [-0.3, -0.25) is 14.4 Å². The fourth-order valence-electron chi connectivity index (χ4n) is 4.54. The zero-order chi connectivity index (χ0) is 29.4. The lowest BCUT2D eigenvalue weighted by Gasteiger charge is -2.25. The van der Waals surface area contributed by atoms with Crippen molar-refractivity contribution in [1.29, 1.82) is 0 Å². The number of carbonyl (C=O) groups is 3. The smallest absolute Gasteiger partial charge is 0.329 e. The Bertz CT molecular complexity index is 1640. The minimum atomic E-state index is -1.30. The third kappa shape index (κ3) is 7.31. The van der Waals surface area contributed by atoms with Crippen molar-refractivity contribution >= 4 is 40.4 Å². The van der Waals surface area contributed by atoms with Crippen LogP contribution in [0.5, 0.6) is 0 Å². The van der Waals surface area contributed by atoms with E-state index in [9.17, 15) is 29.1 Å². The molecular formula is C30H30N4O6S. The zero-order valence-electron chi connectivity index (χ0n) is 22.3. The fourth-order valence-corrected chi connectivity index (χ4v) is 5.10. The number of nitrogens with zero attached hydrogens (tertiary/aromatic N) is 1. The van der Waals surface area contributed by atoms with Gasteiger partial charge >= 0.3 is 11.7 Å². The van der Waals surface area contributed by atoms with Crippen molar-refractivity contribution in [3.63, 3.8) is 0 Å². The van der Waals surface area contributed by atoms with Gasteiger partial charge < -0.3 is 20.7 Å². The van der Waals surface area contributed by atoms with Gasteiger partial charge in [-0.2, -0.15) is 11.8 Å². The van der Waals surface area contributed by atoms with Crippen LogP contribution in [0.15, 0.2) is 94.5 Å². The first-order valence-corrected chi connectivity index (χ1v) is 14.3. The maximum Gasteiger partial charge on any atom is 0.329 e. The van der Waals surface area contributed by atoms with Gasteiger partial charge in [-0.25, -0.2) is 14.2 Å².